The van der Waals surface area contributed by atoms with Crippen molar-refractivity contribution >= 4 is 7.12 Å². The molecule has 13 heavy (non-hydrogen) atoms. The molecule has 0 saturated carbocycles. The zero-order valence-corrected chi connectivity index (χ0v) is 7.61. The van der Waals surface area contributed by atoms with Crippen molar-refractivity contribution in [1.82, 2.24) is 0 Å². The Labute approximate surface area is 79.0 Å². The standard InChI is InChI=1S/C10H13BO2/c1-2-4-10(5-3-1)6-7-11-12-8-9-13-11/h1-5H,6-9H2. The van der Waals surface area contributed by atoms with Crippen LogP contribution in [0.1, 0.15) is 5.56 Å². The van der Waals surface area contributed by atoms with E-state index in [0.29, 0.717) is 0 Å². The van der Waals surface area contributed by atoms with Gasteiger partial charge in [0.25, 0.3) is 0 Å². The fraction of sp³-hybridized carbons (Fsp3) is 0.400. The van der Waals surface area contributed by atoms with E-state index in [2.05, 4.69) is 24.3 Å². The number of rotatable bonds is 3. The maximum Gasteiger partial charge on any atom is 0.457 e. The minimum atomic E-state index is 0.0280. The lowest BCUT2D eigenvalue weighted by molar-refractivity contribution is 0.365. The molecule has 0 aliphatic carbocycles. The van der Waals surface area contributed by atoms with Crippen LogP contribution in [0.25, 0.3) is 0 Å². The zero-order chi connectivity index (χ0) is 8.93. The second-order valence-electron chi connectivity index (χ2n) is 3.20. The fourth-order valence-corrected chi connectivity index (χ4v) is 1.50. The molecule has 1 aliphatic rings. The third-order valence-electron chi connectivity index (χ3n) is 2.20. The third-order valence-corrected chi connectivity index (χ3v) is 2.20. The molecule has 0 unspecified atom stereocenters. The normalized spacial score (nSPS) is 16.5. The Balaban J connectivity index is 1.79. The second kappa shape index (κ2) is 4.44. The number of aryl methyl sites for hydroxylation is 1. The molecule has 0 atom stereocenters. The van der Waals surface area contributed by atoms with Crippen molar-refractivity contribution in [2.75, 3.05) is 13.2 Å². The van der Waals surface area contributed by atoms with Gasteiger partial charge in [-0.15, -0.1) is 0 Å². The van der Waals surface area contributed by atoms with Crippen LogP contribution in [0.4, 0.5) is 0 Å². The van der Waals surface area contributed by atoms with Crippen LogP contribution in [0.15, 0.2) is 30.3 Å². The minimum absolute atomic E-state index is 0.0280. The highest BCUT2D eigenvalue weighted by molar-refractivity contribution is 6.44. The molecule has 1 aliphatic heterocycles. The summed E-state index contributed by atoms with van der Waals surface area (Å²) in [5, 5.41) is 0. The summed E-state index contributed by atoms with van der Waals surface area (Å²) >= 11 is 0. The molecule has 2 rings (SSSR count). The molecule has 1 fully saturated rings. The van der Waals surface area contributed by atoms with Crippen LogP contribution in [0.3, 0.4) is 0 Å². The van der Waals surface area contributed by atoms with Crippen molar-refractivity contribution in [1.29, 1.82) is 0 Å². The molecular weight excluding hydrogens is 163 g/mol. The van der Waals surface area contributed by atoms with Crippen LogP contribution in [0.5, 0.6) is 0 Å². The van der Waals surface area contributed by atoms with Crippen LogP contribution in [-0.4, -0.2) is 20.3 Å². The molecule has 0 N–H and O–H groups in total. The van der Waals surface area contributed by atoms with Gasteiger partial charge < -0.3 is 9.31 Å². The van der Waals surface area contributed by atoms with Crippen molar-refractivity contribution in [2.45, 2.75) is 12.7 Å². The van der Waals surface area contributed by atoms with Crippen molar-refractivity contribution in [2.24, 2.45) is 0 Å². The summed E-state index contributed by atoms with van der Waals surface area (Å²) in [6, 6.07) is 10.4. The fourth-order valence-electron chi connectivity index (χ4n) is 1.50. The Morgan fingerprint density at radius 1 is 1.08 bits per heavy atom. The monoisotopic (exact) mass is 176 g/mol. The van der Waals surface area contributed by atoms with E-state index in [1.54, 1.807) is 0 Å². The maximum atomic E-state index is 5.35. The van der Waals surface area contributed by atoms with Gasteiger partial charge in [-0.3, -0.25) is 0 Å². The van der Waals surface area contributed by atoms with E-state index < -0.39 is 0 Å². The summed E-state index contributed by atoms with van der Waals surface area (Å²) in [5.41, 5.74) is 1.35. The molecule has 68 valence electrons. The Morgan fingerprint density at radius 3 is 2.46 bits per heavy atom. The van der Waals surface area contributed by atoms with E-state index in [4.69, 9.17) is 9.31 Å². The first-order valence-electron chi connectivity index (χ1n) is 4.72. The minimum Gasteiger partial charge on any atom is -0.409 e. The first-order valence-corrected chi connectivity index (χ1v) is 4.72. The van der Waals surface area contributed by atoms with Gasteiger partial charge in [0.15, 0.2) is 0 Å². The molecule has 1 aromatic carbocycles. The van der Waals surface area contributed by atoms with E-state index in [9.17, 15) is 0 Å². The lowest BCUT2D eigenvalue weighted by Crippen LogP contribution is -2.14. The van der Waals surface area contributed by atoms with E-state index >= 15 is 0 Å². The first-order chi connectivity index (χ1) is 6.45. The first kappa shape index (κ1) is 8.79. The molecule has 0 amide bonds. The SMILES string of the molecule is c1ccc(CCB2OCCO2)cc1. The van der Waals surface area contributed by atoms with Crippen LogP contribution in [0.2, 0.25) is 6.32 Å². The van der Waals surface area contributed by atoms with E-state index in [0.717, 1.165) is 26.0 Å². The quantitative estimate of drug-likeness (QED) is 0.653. The summed E-state index contributed by atoms with van der Waals surface area (Å²) in [5.74, 6) is 0. The lowest BCUT2D eigenvalue weighted by atomic mass is 9.82. The Morgan fingerprint density at radius 2 is 1.77 bits per heavy atom. The molecule has 0 aromatic heterocycles. The highest BCUT2D eigenvalue weighted by atomic mass is 16.6. The van der Waals surface area contributed by atoms with Crippen LogP contribution in [0, 0.1) is 0 Å². The van der Waals surface area contributed by atoms with Crippen LogP contribution < -0.4 is 0 Å². The van der Waals surface area contributed by atoms with Gasteiger partial charge in [-0.25, -0.2) is 0 Å². The zero-order valence-electron chi connectivity index (χ0n) is 7.61. The van der Waals surface area contributed by atoms with Gasteiger partial charge in [0.2, 0.25) is 0 Å². The molecule has 1 aromatic rings. The van der Waals surface area contributed by atoms with Crippen molar-refractivity contribution in [3.63, 3.8) is 0 Å². The average molecular weight is 176 g/mol. The molecule has 0 radical (unpaired) electrons. The Hall–Kier alpha value is -0.795. The highest BCUT2D eigenvalue weighted by Crippen LogP contribution is 2.09. The third kappa shape index (κ3) is 2.57. The smallest absolute Gasteiger partial charge is 0.409 e. The van der Waals surface area contributed by atoms with Crippen LogP contribution >= 0.6 is 0 Å². The van der Waals surface area contributed by atoms with Gasteiger partial charge in [0, 0.05) is 0 Å². The predicted molar refractivity (Wildman–Crippen MR) is 52.6 cm³/mol. The Kier molecular flexibility index (Phi) is 3.00. The summed E-state index contributed by atoms with van der Waals surface area (Å²) in [4.78, 5) is 0. The van der Waals surface area contributed by atoms with Gasteiger partial charge in [-0.2, -0.15) is 0 Å². The summed E-state index contributed by atoms with van der Waals surface area (Å²) in [6.45, 7) is 1.50. The van der Waals surface area contributed by atoms with Gasteiger partial charge in [0.05, 0.1) is 13.2 Å². The molecule has 0 bridgehead atoms. The molecular formula is C10H13BO2. The van der Waals surface area contributed by atoms with E-state index in [-0.39, 0.29) is 7.12 Å². The molecule has 0 spiro atoms. The number of hydrogen-bond acceptors (Lipinski definition) is 2. The second-order valence-corrected chi connectivity index (χ2v) is 3.20. The summed E-state index contributed by atoms with van der Waals surface area (Å²) in [7, 11) is 0.0280. The van der Waals surface area contributed by atoms with Gasteiger partial charge in [0.1, 0.15) is 0 Å². The average Bonchev–Trinajstić information content (AvgIpc) is 2.69. The predicted octanol–water partition coefficient (Wildman–Crippen LogP) is 1.76. The van der Waals surface area contributed by atoms with Crippen molar-refractivity contribution < 1.29 is 9.31 Å². The number of hydrogen-bond donors (Lipinski definition) is 0. The van der Waals surface area contributed by atoms with Gasteiger partial charge >= 0.3 is 7.12 Å². The molecule has 1 saturated heterocycles. The molecule has 1 heterocycles. The lowest BCUT2D eigenvalue weighted by Gasteiger charge is -2.03. The topological polar surface area (TPSA) is 18.5 Å². The maximum absolute atomic E-state index is 5.35. The van der Waals surface area contributed by atoms with Crippen LogP contribution in [-0.2, 0) is 15.7 Å². The van der Waals surface area contributed by atoms with E-state index in [1.165, 1.54) is 5.56 Å². The molecule has 3 heteroatoms. The van der Waals surface area contributed by atoms with E-state index in [1.807, 2.05) is 6.07 Å². The largest absolute Gasteiger partial charge is 0.457 e. The molecule has 2 nitrogen and oxygen atoms in total. The van der Waals surface area contributed by atoms with Crippen molar-refractivity contribution in [3.05, 3.63) is 35.9 Å². The van der Waals surface area contributed by atoms with Crippen molar-refractivity contribution in [3.8, 4) is 0 Å². The summed E-state index contributed by atoms with van der Waals surface area (Å²) < 4.78 is 10.7. The van der Waals surface area contributed by atoms with Gasteiger partial charge in [-0.05, 0) is 18.3 Å². The number of benzene rings is 1. The summed E-state index contributed by atoms with van der Waals surface area (Å²) in [6.07, 6.45) is 2.00. The van der Waals surface area contributed by atoms with Gasteiger partial charge in [-0.1, -0.05) is 30.3 Å². The highest BCUT2D eigenvalue weighted by Gasteiger charge is 2.22. The Bertz CT molecular complexity index is 244.